The van der Waals surface area contributed by atoms with Gasteiger partial charge in [-0.3, -0.25) is 4.79 Å². The molecule has 2 rings (SSSR count). The zero-order valence-corrected chi connectivity index (χ0v) is 13.8. The highest BCUT2D eigenvalue weighted by atomic mass is 16.7. The summed E-state index contributed by atoms with van der Waals surface area (Å²) in [7, 11) is 0.980. The van der Waals surface area contributed by atoms with E-state index in [-0.39, 0.29) is 6.42 Å². The van der Waals surface area contributed by atoms with Gasteiger partial charge < -0.3 is 19.2 Å². The number of rotatable bonds is 5. The maximum absolute atomic E-state index is 11.3. The Morgan fingerprint density at radius 3 is 2.36 bits per heavy atom. The van der Waals surface area contributed by atoms with E-state index in [1.165, 1.54) is 0 Å². The molecule has 0 spiro atoms. The molecule has 0 amide bonds. The first kappa shape index (κ1) is 16.8. The van der Waals surface area contributed by atoms with Gasteiger partial charge in [-0.2, -0.15) is 0 Å². The van der Waals surface area contributed by atoms with Gasteiger partial charge >= 0.3 is 13.1 Å². The molecule has 0 radical (unpaired) electrons. The van der Waals surface area contributed by atoms with Gasteiger partial charge in [0.2, 0.25) is 0 Å². The molecule has 1 atom stereocenters. The van der Waals surface area contributed by atoms with E-state index in [0.29, 0.717) is 5.75 Å². The minimum absolute atomic E-state index is 0.0655. The third-order valence-electron chi connectivity index (χ3n) is 4.52. The highest BCUT2D eigenvalue weighted by Gasteiger charge is 2.54. The Balaban J connectivity index is 2.33. The fourth-order valence-electron chi connectivity index (χ4n) is 2.48. The molecule has 6 heteroatoms. The first-order valence-corrected chi connectivity index (χ1v) is 7.37. The number of carboxylic acid groups (broad SMARTS) is 1. The molecule has 0 aliphatic carbocycles. The second kappa shape index (κ2) is 5.93. The maximum atomic E-state index is 11.3. The van der Waals surface area contributed by atoms with Crippen molar-refractivity contribution in [2.24, 2.45) is 0 Å². The van der Waals surface area contributed by atoms with Crippen molar-refractivity contribution < 1.29 is 23.9 Å². The van der Waals surface area contributed by atoms with Crippen LogP contribution in [0.5, 0.6) is 5.75 Å². The van der Waals surface area contributed by atoms with Crippen molar-refractivity contribution in [2.75, 3.05) is 7.11 Å². The summed E-state index contributed by atoms with van der Waals surface area (Å²) in [5, 5.41) is 9.25. The molecule has 0 aromatic heterocycles. The summed E-state index contributed by atoms with van der Waals surface area (Å²) in [5.41, 5.74) is -0.152. The molecule has 1 aromatic rings. The largest absolute Gasteiger partial charge is 0.497 e. The van der Waals surface area contributed by atoms with Crippen molar-refractivity contribution in [3.8, 4) is 5.75 Å². The van der Waals surface area contributed by atoms with Crippen LogP contribution in [0.25, 0.3) is 0 Å². The van der Waals surface area contributed by atoms with Gasteiger partial charge in [0.15, 0.2) is 0 Å². The van der Waals surface area contributed by atoms with Crippen LogP contribution in [0.2, 0.25) is 0 Å². The summed E-state index contributed by atoms with van der Waals surface area (Å²) in [4.78, 5) is 11.3. The molecule has 22 heavy (non-hydrogen) atoms. The minimum atomic E-state index is -0.887. The van der Waals surface area contributed by atoms with Crippen LogP contribution in [0.15, 0.2) is 24.3 Å². The maximum Gasteiger partial charge on any atom is 0.466 e. The summed E-state index contributed by atoms with van der Waals surface area (Å²) in [6.45, 7) is 7.82. The van der Waals surface area contributed by atoms with E-state index in [2.05, 4.69) is 0 Å². The Labute approximate surface area is 131 Å². The van der Waals surface area contributed by atoms with E-state index < -0.39 is 30.1 Å². The molecule has 1 fully saturated rings. The lowest BCUT2D eigenvalue weighted by Gasteiger charge is -2.32. The Bertz CT molecular complexity index is 539. The van der Waals surface area contributed by atoms with E-state index >= 15 is 0 Å². The number of carboxylic acids is 1. The Morgan fingerprint density at radius 2 is 1.86 bits per heavy atom. The zero-order chi connectivity index (χ0) is 16.5. The second-order valence-electron chi connectivity index (χ2n) is 6.61. The molecular weight excluding hydrogens is 283 g/mol. The highest BCUT2D eigenvalue weighted by molar-refractivity contribution is 6.48. The van der Waals surface area contributed by atoms with E-state index in [9.17, 15) is 9.90 Å². The molecular formula is C16H23BO5. The van der Waals surface area contributed by atoms with Crippen LogP contribution in [-0.4, -0.2) is 36.5 Å². The molecule has 0 saturated carbocycles. The molecule has 1 heterocycles. The summed E-state index contributed by atoms with van der Waals surface area (Å²) in [6, 6.07) is 7.37. The Morgan fingerprint density at radius 1 is 1.27 bits per heavy atom. The van der Waals surface area contributed by atoms with Gasteiger partial charge in [0.25, 0.3) is 0 Å². The van der Waals surface area contributed by atoms with Gasteiger partial charge in [-0.15, -0.1) is 0 Å². The lowest BCUT2D eigenvalue weighted by Crippen LogP contribution is -2.41. The third-order valence-corrected chi connectivity index (χ3v) is 4.52. The average molecular weight is 306 g/mol. The predicted molar refractivity (Wildman–Crippen MR) is 84.1 cm³/mol. The van der Waals surface area contributed by atoms with Crippen molar-refractivity contribution in [1.29, 1.82) is 0 Å². The molecule has 5 nitrogen and oxygen atoms in total. The van der Waals surface area contributed by atoms with Gasteiger partial charge in [0, 0.05) is 5.82 Å². The number of hydrogen-bond donors (Lipinski definition) is 1. The van der Waals surface area contributed by atoms with Crippen LogP contribution in [0.4, 0.5) is 0 Å². The molecule has 1 aliphatic heterocycles. The summed E-state index contributed by atoms with van der Waals surface area (Å²) >= 11 is 0. The van der Waals surface area contributed by atoms with Gasteiger partial charge in [-0.25, -0.2) is 0 Å². The summed E-state index contributed by atoms with van der Waals surface area (Å²) in [5.74, 6) is -0.597. The number of aliphatic carboxylic acids is 1. The van der Waals surface area contributed by atoms with E-state index in [1.54, 1.807) is 7.11 Å². The number of methoxy groups -OCH3 is 1. The predicted octanol–water partition coefficient (Wildman–Crippen LogP) is 2.88. The van der Waals surface area contributed by atoms with Gasteiger partial charge in [0.05, 0.1) is 24.7 Å². The van der Waals surface area contributed by atoms with Gasteiger partial charge in [-0.05, 0) is 45.4 Å². The lowest BCUT2D eigenvalue weighted by atomic mass is 9.66. The van der Waals surface area contributed by atoms with E-state index in [0.717, 1.165) is 5.56 Å². The standard InChI is InChI=1S/C16H23BO5/c1-15(2)16(3,4)22-17(21-15)13(10-14(18)19)11-7-6-8-12(9-11)20-5/h6-9,13H,10H2,1-5H3,(H,18,19). The molecule has 1 aromatic carbocycles. The minimum Gasteiger partial charge on any atom is -0.497 e. The number of ether oxygens (including phenoxy) is 1. The quantitative estimate of drug-likeness (QED) is 0.847. The van der Waals surface area contributed by atoms with Crippen LogP contribution in [0.1, 0.15) is 45.5 Å². The van der Waals surface area contributed by atoms with Crippen molar-refractivity contribution in [3.63, 3.8) is 0 Å². The van der Waals surface area contributed by atoms with Gasteiger partial charge in [-0.1, -0.05) is 12.1 Å². The topological polar surface area (TPSA) is 65.0 Å². The second-order valence-corrected chi connectivity index (χ2v) is 6.61. The molecule has 0 bridgehead atoms. The van der Waals surface area contributed by atoms with Crippen molar-refractivity contribution in [3.05, 3.63) is 29.8 Å². The van der Waals surface area contributed by atoms with Crippen molar-refractivity contribution in [1.82, 2.24) is 0 Å². The zero-order valence-electron chi connectivity index (χ0n) is 13.8. The monoisotopic (exact) mass is 306 g/mol. The highest BCUT2D eigenvalue weighted by Crippen LogP contribution is 2.42. The van der Waals surface area contributed by atoms with Gasteiger partial charge in [0.1, 0.15) is 5.75 Å². The van der Waals surface area contributed by atoms with Crippen LogP contribution < -0.4 is 4.74 Å². The van der Waals surface area contributed by atoms with Crippen molar-refractivity contribution >= 4 is 13.1 Å². The van der Waals surface area contributed by atoms with Crippen LogP contribution >= 0.6 is 0 Å². The average Bonchev–Trinajstić information content (AvgIpc) is 2.64. The number of benzene rings is 1. The SMILES string of the molecule is COc1cccc(C(CC(=O)O)B2OC(C)(C)C(C)(C)O2)c1. The lowest BCUT2D eigenvalue weighted by molar-refractivity contribution is -0.137. The van der Waals surface area contributed by atoms with Crippen LogP contribution in [0.3, 0.4) is 0 Å². The molecule has 1 aliphatic rings. The van der Waals surface area contributed by atoms with E-state index in [4.69, 9.17) is 14.0 Å². The third kappa shape index (κ3) is 3.28. The molecule has 1 N–H and O–H groups in total. The summed E-state index contributed by atoms with van der Waals surface area (Å²) < 4.78 is 17.3. The normalized spacial score (nSPS) is 20.7. The Hall–Kier alpha value is -1.53. The summed E-state index contributed by atoms with van der Waals surface area (Å²) in [6.07, 6.45) is -0.0655. The smallest absolute Gasteiger partial charge is 0.466 e. The molecule has 1 unspecified atom stereocenters. The number of carbonyl (C=O) groups is 1. The first-order valence-electron chi connectivity index (χ1n) is 7.37. The number of hydrogen-bond acceptors (Lipinski definition) is 4. The van der Waals surface area contributed by atoms with Crippen molar-refractivity contribution in [2.45, 2.75) is 51.1 Å². The molecule has 120 valence electrons. The fraction of sp³-hybridized carbons (Fsp3) is 0.562. The van der Waals surface area contributed by atoms with Crippen LogP contribution in [-0.2, 0) is 14.1 Å². The van der Waals surface area contributed by atoms with E-state index in [1.807, 2.05) is 52.0 Å². The van der Waals surface area contributed by atoms with Crippen LogP contribution in [0, 0.1) is 0 Å². The Kier molecular flexibility index (Phi) is 4.54. The first-order chi connectivity index (χ1) is 10.2. The molecule has 1 saturated heterocycles. The fourth-order valence-corrected chi connectivity index (χ4v) is 2.48.